The molecule has 0 amide bonds. The molecular formula is C11H16. The molecule has 0 atom stereocenters. The molecule has 0 saturated heterocycles. The first-order chi connectivity index (χ1) is 5.41. The van der Waals surface area contributed by atoms with E-state index in [-0.39, 0.29) is 0 Å². The predicted molar refractivity (Wildman–Crippen MR) is 50.0 cm³/mol. The van der Waals surface area contributed by atoms with Crippen LogP contribution in [0.4, 0.5) is 0 Å². The zero-order valence-electron chi connectivity index (χ0n) is 7.54. The Morgan fingerprint density at radius 1 is 0.727 bits per heavy atom. The van der Waals surface area contributed by atoms with Gasteiger partial charge in [0.15, 0.2) is 0 Å². The molecule has 0 unspecified atom stereocenters. The summed E-state index contributed by atoms with van der Waals surface area (Å²) in [7, 11) is 0. The van der Waals surface area contributed by atoms with Crippen molar-refractivity contribution in [1.29, 1.82) is 0 Å². The number of unbranched alkanes of at least 4 members (excludes halogenated alkanes) is 2. The second-order valence-electron chi connectivity index (χ2n) is 2.38. The second kappa shape index (κ2) is 9.12. The third-order valence-electron chi connectivity index (χ3n) is 1.18. The first-order valence-corrected chi connectivity index (χ1v) is 4.33. The lowest BCUT2D eigenvalue weighted by Gasteiger charge is -1.77. The molecule has 0 radical (unpaired) electrons. The molecule has 0 aliphatic rings. The molecule has 0 heterocycles. The van der Waals surface area contributed by atoms with Crippen LogP contribution in [0.15, 0.2) is 0 Å². The minimum Gasteiger partial charge on any atom is -0.102 e. The third kappa shape index (κ3) is 9.12. The van der Waals surface area contributed by atoms with E-state index in [0.29, 0.717) is 0 Å². The van der Waals surface area contributed by atoms with Gasteiger partial charge in [-0.1, -0.05) is 25.7 Å². The molecule has 0 nitrogen and oxygen atoms in total. The predicted octanol–water partition coefficient (Wildman–Crippen LogP) is 2.98. The average molecular weight is 148 g/mol. The summed E-state index contributed by atoms with van der Waals surface area (Å²) in [6.45, 7) is 4.27. The van der Waals surface area contributed by atoms with Gasteiger partial charge in [-0.05, 0) is 12.8 Å². The minimum atomic E-state index is 0.750. The third-order valence-corrected chi connectivity index (χ3v) is 1.18. The van der Waals surface area contributed by atoms with Gasteiger partial charge in [0, 0.05) is 12.8 Å². The Kier molecular flexibility index (Phi) is 8.39. The van der Waals surface area contributed by atoms with Gasteiger partial charge in [0.25, 0.3) is 0 Å². The maximum absolute atomic E-state index is 3.06. The first-order valence-electron chi connectivity index (χ1n) is 4.33. The fraction of sp³-hybridized carbons (Fsp3) is 0.636. The Hall–Kier alpha value is -0.880. The lowest BCUT2D eigenvalue weighted by atomic mass is 10.3. The molecule has 60 valence electrons. The molecule has 0 aliphatic carbocycles. The van der Waals surface area contributed by atoms with Gasteiger partial charge in [0.2, 0.25) is 0 Å². The van der Waals surface area contributed by atoms with Gasteiger partial charge >= 0.3 is 0 Å². The molecule has 0 heteroatoms. The van der Waals surface area contributed by atoms with Crippen molar-refractivity contribution in [3.63, 3.8) is 0 Å². The number of hydrogen-bond acceptors (Lipinski definition) is 0. The van der Waals surface area contributed by atoms with Gasteiger partial charge in [-0.3, -0.25) is 0 Å². The molecule has 0 aromatic rings. The van der Waals surface area contributed by atoms with Crippen LogP contribution in [0.25, 0.3) is 0 Å². The zero-order chi connectivity index (χ0) is 8.36. The van der Waals surface area contributed by atoms with Crippen LogP contribution in [0.3, 0.4) is 0 Å². The summed E-state index contributed by atoms with van der Waals surface area (Å²) in [5.74, 6) is 12.2. The van der Waals surface area contributed by atoms with Crippen LogP contribution in [-0.2, 0) is 0 Å². The van der Waals surface area contributed by atoms with Crippen molar-refractivity contribution in [1.82, 2.24) is 0 Å². The molecule has 0 rings (SSSR count). The topological polar surface area (TPSA) is 0 Å². The highest BCUT2D eigenvalue weighted by Crippen LogP contribution is 1.84. The van der Waals surface area contributed by atoms with Crippen molar-refractivity contribution in [2.75, 3.05) is 0 Å². The van der Waals surface area contributed by atoms with Gasteiger partial charge < -0.3 is 0 Å². The van der Waals surface area contributed by atoms with Crippen molar-refractivity contribution in [3.8, 4) is 23.7 Å². The second-order valence-corrected chi connectivity index (χ2v) is 2.38. The average Bonchev–Trinajstić information content (AvgIpc) is 2.03. The van der Waals surface area contributed by atoms with Gasteiger partial charge in [-0.25, -0.2) is 0 Å². The van der Waals surface area contributed by atoms with E-state index in [0.717, 1.165) is 32.1 Å². The zero-order valence-corrected chi connectivity index (χ0v) is 7.54. The van der Waals surface area contributed by atoms with E-state index in [4.69, 9.17) is 0 Å². The fourth-order valence-corrected chi connectivity index (χ4v) is 0.596. The van der Waals surface area contributed by atoms with Crippen LogP contribution in [0.2, 0.25) is 0 Å². The summed E-state index contributed by atoms with van der Waals surface area (Å²) < 4.78 is 0. The van der Waals surface area contributed by atoms with Gasteiger partial charge in [-0.15, -0.1) is 11.8 Å². The highest BCUT2D eigenvalue weighted by molar-refractivity contribution is 5.11. The Balaban J connectivity index is 3.28. The van der Waals surface area contributed by atoms with Gasteiger partial charge in [0.1, 0.15) is 0 Å². The van der Waals surface area contributed by atoms with E-state index < -0.39 is 0 Å². The van der Waals surface area contributed by atoms with Crippen molar-refractivity contribution < 1.29 is 0 Å². The molecule has 0 aromatic carbocycles. The summed E-state index contributed by atoms with van der Waals surface area (Å²) in [5.41, 5.74) is 0. The lowest BCUT2D eigenvalue weighted by Crippen LogP contribution is -1.65. The maximum Gasteiger partial charge on any atom is 0.0702 e. The first kappa shape index (κ1) is 10.1. The molecule has 0 spiro atoms. The largest absolute Gasteiger partial charge is 0.102 e. The molecule has 0 aliphatic heterocycles. The summed E-state index contributed by atoms with van der Waals surface area (Å²) in [6, 6.07) is 0. The molecule has 0 fully saturated rings. The highest BCUT2D eigenvalue weighted by Gasteiger charge is 1.70. The van der Waals surface area contributed by atoms with Crippen LogP contribution < -0.4 is 0 Å². The van der Waals surface area contributed by atoms with Crippen molar-refractivity contribution in [2.45, 2.75) is 46.0 Å². The van der Waals surface area contributed by atoms with Crippen molar-refractivity contribution >= 4 is 0 Å². The van der Waals surface area contributed by atoms with E-state index in [1.54, 1.807) is 0 Å². The standard InChI is InChI=1S/C11H16/c1-3-5-7-9-11-10-8-6-4-2/h3-6,11H2,1-2H3. The molecule has 0 bridgehead atoms. The highest BCUT2D eigenvalue weighted by atomic mass is 13.8. The van der Waals surface area contributed by atoms with Crippen molar-refractivity contribution in [2.24, 2.45) is 0 Å². The van der Waals surface area contributed by atoms with Crippen LogP contribution >= 0.6 is 0 Å². The summed E-state index contributed by atoms with van der Waals surface area (Å²) >= 11 is 0. The monoisotopic (exact) mass is 148 g/mol. The van der Waals surface area contributed by atoms with Crippen LogP contribution in [-0.4, -0.2) is 0 Å². The molecule has 0 N–H and O–H groups in total. The minimum absolute atomic E-state index is 0.750. The van der Waals surface area contributed by atoms with E-state index in [1.165, 1.54) is 0 Å². The lowest BCUT2D eigenvalue weighted by molar-refractivity contribution is 0.980. The smallest absolute Gasteiger partial charge is 0.0702 e. The number of hydrogen-bond donors (Lipinski definition) is 0. The van der Waals surface area contributed by atoms with Gasteiger partial charge in [0.05, 0.1) is 6.42 Å². The van der Waals surface area contributed by atoms with Crippen LogP contribution in [0, 0.1) is 23.7 Å². The summed E-state index contributed by atoms with van der Waals surface area (Å²) in [6.07, 6.45) is 5.07. The summed E-state index contributed by atoms with van der Waals surface area (Å²) in [5, 5.41) is 0. The Morgan fingerprint density at radius 3 is 1.55 bits per heavy atom. The van der Waals surface area contributed by atoms with Crippen molar-refractivity contribution in [3.05, 3.63) is 0 Å². The maximum atomic E-state index is 3.06. The SMILES string of the molecule is CCCC#CCC#CCCC. The number of rotatable bonds is 2. The molecule has 11 heavy (non-hydrogen) atoms. The Bertz CT molecular complexity index is 158. The quantitative estimate of drug-likeness (QED) is 0.528. The molecule has 0 saturated carbocycles. The fourth-order valence-electron chi connectivity index (χ4n) is 0.596. The Morgan fingerprint density at radius 2 is 1.18 bits per heavy atom. The van der Waals surface area contributed by atoms with E-state index in [1.807, 2.05) is 0 Å². The normalized spacial score (nSPS) is 7.45. The Labute approximate surface area is 70.4 Å². The van der Waals surface area contributed by atoms with E-state index in [9.17, 15) is 0 Å². The van der Waals surface area contributed by atoms with Gasteiger partial charge in [-0.2, -0.15) is 0 Å². The molecule has 0 aromatic heterocycles. The van der Waals surface area contributed by atoms with Crippen LogP contribution in [0.5, 0.6) is 0 Å². The molecular weight excluding hydrogens is 132 g/mol. The van der Waals surface area contributed by atoms with Crippen LogP contribution in [0.1, 0.15) is 46.0 Å². The van der Waals surface area contributed by atoms with E-state index >= 15 is 0 Å². The summed E-state index contributed by atoms with van der Waals surface area (Å²) in [4.78, 5) is 0. The van der Waals surface area contributed by atoms with E-state index in [2.05, 4.69) is 37.5 Å².